The summed E-state index contributed by atoms with van der Waals surface area (Å²) < 4.78 is 41.1. The minimum absolute atomic E-state index is 0.0971. The van der Waals surface area contributed by atoms with Crippen LogP contribution in [-0.4, -0.2) is 109 Å². The number of amides is 2. The molecule has 2 amide bonds. The van der Waals surface area contributed by atoms with Crippen LogP contribution in [0.4, 0.5) is 41.1 Å². The molecule has 0 unspecified atom stereocenters. The molecule has 0 aliphatic carbocycles. The van der Waals surface area contributed by atoms with E-state index in [1.165, 1.54) is 0 Å². The lowest BCUT2D eigenvalue weighted by molar-refractivity contribution is -0.137. The summed E-state index contributed by atoms with van der Waals surface area (Å²) in [5.74, 6) is -0.177. The number of piperidine rings is 1. The second-order valence-corrected chi connectivity index (χ2v) is 11.3. The van der Waals surface area contributed by atoms with Crippen molar-refractivity contribution >= 4 is 29.2 Å². The average molecular weight is 590 g/mol. The number of anilines is 4. The number of hydrogen-bond donors (Lipinski definition) is 3. The number of urea groups is 1. The van der Waals surface area contributed by atoms with Gasteiger partial charge in [-0.1, -0.05) is 6.92 Å². The van der Waals surface area contributed by atoms with Gasteiger partial charge in [0.1, 0.15) is 11.4 Å². The third-order valence-electron chi connectivity index (χ3n) is 8.54. The molecule has 0 saturated carbocycles. The number of aryl methyl sites for hydroxylation is 1. The molecular weight excluding hydrogens is 547 g/mol. The van der Waals surface area contributed by atoms with E-state index in [4.69, 9.17) is 0 Å². The molecule has 3 aliphatic rings. The fraction of sp³-hybridized carbons (Fsp3) is 0.621. The van der Waals surface area contributed by atoms with Gasteiger partial charge in [0.25, 0.3) is 0 Å². The van der Waals surface area contributed by atoms with Crippen molar-refractivity contribution in [2.45, 2.75) is 44.8 Å². The number of halogens is 3. The number of piperazine rings is 1. The summed E-state index contributed by atoms with van der Waals surface area (Å²) in [5.41, 5.74) is 2.07. The summed E-state index contributed by atoms with van der Waals surface area (Å²) in [4.78, 5) is 29.0. The van der Waals surface area contributed by atoms with Crippen LogP contribution in [0.15, 0.2) is 24.4 Å². The van der Waals surface area contributed by atoms with Crippen LogP contribution in [0.3, 0.4) is 0 Å². The first-order valence-electron chi connectivity index (χ1n) is 15.0. The predicted molar refractivity (Wildman–Crippen MR) is 159 cm³/mol. The quantitative estimate of drug-likeness (QED) is 0.360. The Morgan fingerprint density at radius 3 is 2.50 bits per heavy atom. The Kier molecular flexibility index (Phi) is 9.57. The van der Waals surface area contributed by atoms with Gasteiger partial charge in [-0.15, -0.1) is 0 Å². The van der Waals surface area contributed by atoms with Gasteiger partial charge in [-0.2, -0.15) is 18.2 Å². The van der Waals surface area contributed by atoms with Crippen molar-refractivity contribution in [2.24, 2.45) is 0 Å². The summed E-state index contributed by atoms with van der Waals surface area (Å²) in [5, 5.41) is 8.68. The predicted octanol–water partition coefficient (Wildman–Crippen LogP) is 3.84. The Balaban J connectivity index is 1.21. The standard InChI is InChI=1S/C29H42F3N9O/c1-3-21-19-23(39-12-7-22(8-13-39)40-17-15-38(2)16-18-40)5-6-25(21)36-27-35-20-24(29(30,31)32)26(37-27)33-9-4-11-41-14-10-34-28(41)42/h5-6,19-20,22H,3-4,7-18H2,1-2H3,(H,34,42)(H2,33,35,36,37). The highest BCUT2D eigenvalue weighted by Gasteiger charge is 2.35. The van der Waals surface area contributed by atoms with Crippen LogP contribution in [0.25, 0.3) is 0 Å². The van der Waals surface area contributed by atoms with Gasteiger partial charge in [0, 0.05) is 89.1 Å². The summed E-state index contributed by atoms with van der Waals surface area (Å²) in [6, 6.07) is 6.69. The summed E-state index contributed by atoms with van der Waals surface area (Å²) in [6.07, 6.45) is -0.244. The Morgan fingerprint density at radius 1 is 1.07 bits per heavy atom. The number of carbonyl (C=O) groups is 1. The van der Waals surface area contributed by atoms with E-state index in [0.717, 1.165) is 81.7 Å². The largest absolute Gasteiger partial charge is 0.421 e. The zero-order valence-corrected chi connectivity index (χ0v) is 24.5. The lowest BCUT2D eigenvalue weighted by atomic mass is 10.0. The highest BCUT2D eigenvalue weighted by atomic mass is 19.4. The van der Waals surface area contributed by atoms with Crippen LogP contribution in [-0.2, 0) is 12.6 Å². The van der Waals surface area contributed by atoms with E-state index in [2.05, 4.69) is 66.7 Å². The van der Waals surface area contributed by atoms with Crippen LogP contribution < -0.4 is 20.9 Å². The van der Waals surface area contributed by atoms with Crippen molar-refractivity contribution in [1.82, 2.24) is 30.0 Å². The van der Waals surface area contributed by atoms with Gasteiger partial charge < -0.3 is 30.7 Å². The number of carbonyl (C=O) groups excluding carboxylic acids is 1. The maximum atomic E-state index is 13.7. The molecule has 230 valence electrons. The van der Waals surface area contributed by atoms with E-state index in [1.807, 2.05) is 6.07 Å². The lowest BCUT2D eigenvalue weighted by Crippen LogP contribution is -2.52. The van der Waals surface area contributed by atoms with Crippen LogP contribution >= 0.6 is 0 Å². The number of nitrogens with one attached hydrogen (secondary N) is 3. The molecule has 3 saturated heterocycles. The minimum Gasteiger partial charge on any atom is -0.371 e. The van der Waals surface area contributed by atoms with Crippen molar-refractivity contribution in [1.29, 1.82) is 0 Å². The lowest BCUT2D eigenvalue weighted by Gasteiger charge is -2.42. The zero-order valence-electron chi connectivity index (χ0n) is 24.5. The molecule has 1 aromatic carbocycles. The van der Waals surface area contributed by atoms with E-state index in [1.54, 1.807) is 4.90 Å². The Bertz CT molecular complexity index is 1210. The Hall–Kier alpha value is -3.32. The van der Waals surface area contributed by atoms with Crippen molar-refractivity contribution < 1.29 is 18.0 Å². The molecule has 3 aliphatic heterocycles. The number of aromatic nitrogens is 2. The number of rotatable bonds is 10. The normalized spacial score (nSPS) is 19.3. The fourth-order valence-electron chi connectivity index (χ4n) is 5.97. The van der Waals surface area contributed by atoms with E-state index in [0.29, 0.717) is 32.1 Å². The third-order valence-corrected chi connectivity index (χ3v) is 8.54. The number of alkyl halides is 3. The number of benzene rings is 1. The summed E-state index contributed by atoms with van der Waals surface area (Å²) >= 11 is 0. The molecule has 0 spiro atoms. The van der Waals surface area contributed by atoms with Gasteiger partial charge >= 0.3 is 12.2 Å². The van der Waals surface area contributed by atoms with Gasteiger partial charge in [-0.25, -0.2) is 9.78 Å². The second kappa shape index (κ2) is 13.3. The molecule has 10 nitrogen and oxygen atoms in total. The van der Waals surface area contributed by atoms with E-state index < -0.39 is 11.7 Å². The van der Waals surface area contributed by atoms with Crippen LogP contribution in [0.1, 0.15) is 37.3 Å². The average Bonchev–Trinajstić information content (AvgIpc) is 3.40. The summed E-state index contributed by atoms with van der Waals surface area (Å²) in [6.45, 7) is 10.5. The number of hydrogen-bond acceptors (Lipinski definition) is 8. The molecule has 1 aromatic heterocycles. The molecule has 0 radical (unpaired) electrons. The van der Waals surface area contributed by atoms with Gasteiger partial charge in [-0.3, -0.25) is 4.90 Å². The molecule has 5 rings (SSSR count). The van der Waals surface area contributed by atoms with Gasteiger partial charge in [0.15, 0.2) is 0 Å². The van der Waals surface area contributed by atoms with Gasteiger partial charge in [-0.05, 0) is 56.5 Å². The molecule has 3 N–H and O–H groups in total. The molecule has 4 heterocycles. The van der Waals surface area contributed by atoms with E-state index >= 15 is 0 Å². The minimum atomic E-state index is -4.59. The molecular formula is C29H42F3N9O. The molecule has 13 heteroatoms. The third kappa shape index (κ3) is 7.35. The number of likely N-dealkylation sites (N-methyl/N-ethyl adjacent to an activating group) is 1. The van der Waals surface area contributed by atoms with Crippen LogP contribution in [0.2, 0.25) is 0 Å². The topological polar surface area (TPSA) is 91.9 Å². The highest BCUT2D eigenvalue weighted by molar-refractivity contribution is 5.76. The van der Waals surface area contributed by atoms with E-state index in [-0.39, 0.29) is 24.3 Å². The maximum Gasteiger partial charge on any atom is 0.421 e. The Morgan fingerprint density at radius 2 is 1.83 bits per heavy atom. The van der Waals surface area contributed by atoms with Crippen LogP contribution in [0, 0.1) is 0 Å². The van der Waals surface area contributed by atoms with E-state index in [9.17, 15) is 18.0 Å². The smallest absolute Gasteiger partial charge is 0.371 e. The first kappa shape index (κ1) is 30.1. The SMILES string of the molecule is CCc1cc(N2CCC(N3CCN(C)CC3)CC2)ccc1Nc1ncc(C(F)(F)F)c(NCCCN2CCNC2=O)n1. The first-order valence-corrected chi connectivity index (χ1v) is 15.0. The molecule has 0 atom stereocenters. The number of nitrogens with zero attached hydrogens (tertiary/aromatic N) is 6. The fourth-order valence-corrected chi connectivity index (χ4v) is 5.97. The first-order chi connectivity index (χ1) is 20.2. The van der Waals surface area contributed by atoms with Crippen molar-refractivity contribution in [3.8, 4) is 0 Å². The van der Waals surface area contributed by atoms with Crippen molar-refractivity contribution in [2.75, 3.05) is 88.0 Å². The van der Waals surface area contributed by atoms with Gasteiger partial charge in [0.05, 0.1) is 0 Å². The van der Waals surface area contributed by atoms with Crippen molar-refractivity contribution in [3.63, 3.8) is 0 Å². The van der Waals surface area contributed by atoms with Crippen molar-refractivity contribution in [3.05, 3.63) is 35.5 Å². The molecule has 3 fully saturated rings. The van der Waals surface area contributed by atoms with Gasteiger partial charge in [0.2, 0.25) is 5.95 Å². The maximum absolute atomic E-state index is 13.7. The summed E-state index contributed by atoms with van der Waals surface area (Å²) in [7, 11) is 2.18. The molecule has 0 bridgehead atoms. The second-order valence-electron chi connectivity index (χ2n) is 11.3. The molecule has 42 heavy (non-hydrogen) atoms. The zero-order chi connectivity index (χ0) is 29.7. The van der Waals surface area contributed by atoms with Crippen LogP contribution in [0.5, 0.6) is 0 Å². The molecule has 2 aromatic rings. The monoisotopic (exact) mass is 589 g/mol. The highest BCUT2D eigenvalue weighted by Crippen LogP contribution is 2.35. The Labute approximate surface area is 245 Å².